The van der Waals surface area contributed by atoms with Gasteiger partial charge in [-0.15, -0.1) is 0 Å². The van der Waals surface area contributed by atoms with Crippen molar-refractivity contribution >= 4 is 29.4 Å². The highest BCUT2D eigenvalue weighted by Crippen LogP contribution is 2.23. The van der Waals surface area contributed by atoms with Gasteiger partial charge in [0.2, 0.25) is 0 Å². The third-order valence-corrected chi connectivity index (χ3v) is 3.66. The van der Waals surface area contributed by atoms with Gasteiger partial charge < -0.3 is 14.9 Å². The van der Waals surface area contributed by atoms with E-state index in [-0.39, 0.29) is 17.1 Å². The van der Waals surface area contributed by atoms with E-state index >= 15 is 0 Å². The van der Waals surface area contributed by atoms with Crippen molar-refractivity contribution in [1.82, 2.24) is 0 Å². The lowest BCUT2D eigenvalue weighted by atomic mass is 10.1. The predicted octanol–water partition coefficient (Wildman–Crippen LogP) is 4.18. The Balaban J connectivity index is 2.09. The average Bonchev–Trinajstić information content (AvgIpc) is 2.53. The summed E-state index contributed by atoms with van der Waals surface area (Å²) in [6.07, 6.45) is 2.92. The molecule has 0 bridgehead atoms. The first-order chi connectivity index (χ1) is 11.7. The first-order valence-corrected chi connectivity index (χ1v) is 7.80. The molecule has 2 aromatic rings. The molecule has 2 rings (SSSR count). The van der Waals surface area contributed by atoms with E-state index < -0.39 is 11.6 Å². The first-order valence-electron chi connectivity index (χ1n) is 7.42. The van der Waals surface area contributed by atoms with Crippen LogP contribution in [0.4, 0.5) is 0 Å². The van der Waals surface area contributed by atoms with Gasteiger partial charge >= 0.3 is 5.97 Å². The summed E-state index contributed by atoms with van der Waals surface area (Å²) < 4.78 is 5.40. The molecule has 0 atom stereocenters. The van der Waals surface area contributed by atoms with Crippen molar-refractivity contribution in [3.63, 3.8) is 0 Å². The molecule has 0 saturated carbocycles. The number of phenolic OH excluding ortho intramolecular Hbond substituents is 1. The van der Waals surface area contributed by atoms with Crippen LogP contribution in [0.25, 0.3) is 6.08 Å². The third-order valence-electron chi connectivity index (χ3n) is 3.42. The molecular formula is C19H17ClO5. The van der Waals surface area contributed by atoms with Gasteiger partial charge in [-0.05, 0) is 55.8 Å². The third kappa shape index (κ3) is 4.84. The number of rotatable bonds is 6. The predicted molar refractivity (Wildman–Crippen MR) is 95.3 cm³/mol. The number of hydrogen-bond donors (Lipinski definition) is 2. The molecule has 5 nitrogen and oxygen atoms in total. The first kappa shape index (κ1) is 18.5. The van der Waals surface area contributed by atoms with Gasteiger partial charge in [-0.2, -0.15) is 0 Å². The average molecular weight is 361 g/mol. The van der Waals surface area contributed by atoms with Gasteiger partial charge in [0.1, 0.15) is 11.5 Å². The molecule has 0 unspecified atom stereocenters. The zero-order valence-corrected chi connectivity index (χ0v) is 14.4. The molecular weight excluding hydrogens is 344 g/mol. The topological polar surface area (TPSA) is 83.8 Å². The van der Waals surface area contributed by atoms with Crippen LogP contribution in [0.3, 0.4) is 0 Å². The molecule has 0 aliphatic carbocycles. The Hall–Kier alpha value is -2.79. The Morgan fingerprint density at radius 2 is 1.76 bits per heavy atom. The summed E-state index contributed by atoms with van der Waals surface area (Å²) in [4.78, 5) is 23.2. The Bertz CT molecular complexity index is 822. The second-order valence-electron chi connectivity index (χ2n) is 5.85. The van der Waals surface area contributed by atoms with E-state index in [0.29, 0.717) is 10.8 Å². The summed E-state index contributed by atoms with van der Waals surface area (Å²) in [5, 5.41) is 19.1. The van der Waals surface area contributed by atoms with E-state index in [9.17, 15) is 14.7 Å². The van der Waals surface area contributed by atoms with Gasteiger partial charge in [0.05, 0.1) is 5.56 Å². The molecule has 0 radical (unpaired) electrons. The quantitative estimate of drug-likeness (QED) is 0.596. The van der Waals surface area contributed by atoms with E-state index in [0.717, 1.165) is 5.56 Å². The van der Waals surface area contributed by atoms with Crippen LogP contribution in [0.5, 0.6) is 11.5 Å². The van der Waals surface area contributed by atoms with Gasteiger partial charge in [-0.3, -0.25) is 4.79 Å². The maximum absolute atomic E-state index is 12.1. The van der Waals surface area contributed by atoms with Crippen molar-refractivity contribution in [2.45, 2.75) is 19.4 Å². The summed E-state index contributed by atoms with van der Waals surface area (Å²) >= 11 is 5.74. The molecule has 130 valence electrons. The smallest absolute Gasteiger partial charge is 0.347 e. The van der Waals surface area contributed by atoms with Crippen molar-refractivity contribution in [2.75, 3.05) is 0 Å². The summed E-state index contributed by atoms with van der Waals surface area (Å²) in [5.41, 5.74) is -0.453. The highest BCUT2D eigenvalue weighted by molar-refractivity contribution is 6.31. The number of carboxylic acids is 1. The van der Waals surface area contributed by atoms with E-state index in [2.05, 4.69) is 0 Å². The van der Waals surface area contributed by atoms with Crippen molar-refractivity contribution in [3.8, 4) is 11.5 Å². The molecule has 0 heterocycles. The second kappa shape index (κ2) is 7.40. The Kier molecular flexibility index (Phi) is 5.49. The minimum Gasteiger partial charge on any atom is -0.507 e. The van der Waals surface area contributed by atoms with Crippen molar-refractivity contribution in [1.29, 1.82) is 0 Å². The monoisotopic (exact) mass is 360 g/mol. The van der Waals surface area contributed by atoms with Crippen LogP contribution in [-0.2, 0) is 4.79 Å². The minimum absolute atomic E-state index is 0.156. The minimum atomic E-state index is -1.33. The summed E-state index contributed by atoms with van der Waals surface area (Å²) in [5.74, 6) is -1.20. The van der Waals surface area contributed by atoms with Gasteiger partial charge in [0, 0.05) is 5.02 Å². The van der Waals surface area contributed by atoms with Gasteiger partial charge in [0.25, 0.3) is 0 Å². The number of aromatic hydroxyl groups is 1. The molecule has 2 aromatic carbocycles. The zero-order valence-electron chi connectivity index (χ0n) is 13.7. The van der Waals surface area contributed by atoms with E-state index in [1.807, 2.05) is 0 Å². The summed E-state index contributed by atoms with van der Waals surface area (Å²) in [6, 6.07) is 10.9. The number of carboxylic acid groups (broad SMARTS) is 1. The van der Waals surface area contributed by atoms with Crippen molar-refractivity contribution in [3.05, 3.63) is 64.7 Å². The number of allylic oxidation sites excluding steroid dienone is 1. The van der Waals surface area contributed by atoms with Crippen LogP contribution < -0.4 is 4.74 Å². The number of carbonyl (C=O) groups is 2. The molecule has 0 aromatic heterocycles. The maximum Gasteiger partial charge on any atom is 0.347 e. The van der Waals surface area contributed by atoms with Gasteiger partial charge in [-0.25, -0.2) is 4.79 Å². The van der Waals surface area contributed by atoms with Crippen molar-refractivity contribution in [2.24, 2.45) is 0 Å². The molecule has 0 aliphatic heterocycles. The maximum atomic E-state index is 12.1. The molecule has 0 spiro atoms. The number of carbonyl (C=O) groups excluding carboxylic acids is 1. The van der Waals surface area contributed by atoms with Crippen LogP contribution in [0.1, 0.15) is 29.8 Å². The Labute approximate surface area is 150 Å². The Morgan fingerprint density at radius 3 is 2.32 bits per heavy atom. The lowest BCUT2D eigenvalue weighted by molar-refractivity contribution is -0.152. The lowest BCUT2D eigenvalue weighted by Gasteiger charge is -2.21. The van der Waals surface area contributed by atoms with E-state index in [1.54, 1.807) is 30.3 Å². The molecule has 0 amide bonds. The molecule has 6 heteroatoms. The van der Waals surface area contributed by atoms with E-state index in [1.165, 1.54) is 38.1 Å². The second-order valence-corrected chi connectivity index (χ2v) is 6.28. The number of aliphatic carboxylic acids is 1. The fourth-order valence-corrected chi connectivity index (χ4v) is 2.13. The summed E-state index contributed by atoms with van der Waals surface area (Å²) in [7, 11) is 0. The lowest BCUT2D eigenvalue weighted by Crippen LogP contribution is -2.37. The molecule has 25 heavy (non-hydrogen) atoms. The van der Waals surface area contributed by atoms with Crippen LogP contribution in [0, 0.1) is 0 Å². The van der Waals surface area contributed by atoms with Crippen LogP contribution in [-0.4, -0.2) is 27.6 Å². The number of halogens is 1. The number of hydrogen-bond acceptors (Lipinski definition) is 4. The number of ketones is 1. The number of ether oxygens (including phenoxy) is 1. The van der Waals surface area contributed by atoms with Gasteiger partial charge in [0.15, 0.2) is 11.4 Å². The highest BCUT2D eigenvalue weighted by Gasteiger charge is 2.29. The highest BCUT2D eigenvalue weighted by atomic mass is 35.5. The molecule has 0 fully saturated rings. The SMILES string of the molecule is CC(C)(Oc1ccc(/C=C/C(=O)c2ccc(Cl)cc2O)cc1)C(=O)O. The van der Waals surface area contributed by atoms with Gasteiger partial charge in [-0.1, -0.05) is 29.8 Å². The number of phenols is 1. The van der Waals surface area contributed by atoms with Crippen LogP contribution in [0.15, 0.2) is 48.5 Å². The normalized spacial score (nSPS) is 11.5. The van der Waals surface area contributed by atoms with Crippen LogP contribution >= 0.6 is 11.6 Å². The zero-order chi connectivity index (χ0) is 18.6. The van der Waals surface area contributed by atoms with E-state index in [4.69, 9.17) is 21.4 Å². The summed E-state index contributed by atoms with van der Waals surface area (Å²) in [6.45, 7) is 2.92. The van der Waals surface area contributed by atoms with Crippen LogP contribution in [0.2, 0.25) is 5.02 Å². The fourth-order valence-electron chi connectivity index (χ4n) is 1.96. The number of benzene rings is 2. The Morgan fingerprint density at radius 1 is 1.12 bits per heavy atom. The van der Waals surface area contributed by atoms with Crippen molar-refractivity contribution < 1.29 is 24.5 Å². The molecule has 2 N–H and O–H groups in total. The molecule has 0 aliphatic rings. The largest absolute Gasteiger partial charge is 0.507 e. The standard InChI is InChI=1S/C19H17ClO5/c1-19(2,18(23)24)25-14-7-3-12(4-8-14)5-10-16(21)15-9-6-13(20)11-17(15)22/h3-11,22H,1-2H3,(H,23,24)/b10-5+. The molecule has 0 saturated heterocycles. The fraction of sp³-hybridized carbons (Fsp3) is 0.158.